The summed E-state index contributed by atoms with van der Waals surface area (Å²) in [5, 5.41) is 3.52. The Labute approximate surface area is 130 Å². The third-order valence-corrected chi connectivity index (χ3v) is 3.77. The van der Waals surface area contributed by atoms with Crippen LogP contribution in [0.1, 0.15) is 48.9 Å². The van der Waals surface area contributed by atoms with Crippen LogP contribution in [0.2, 0.25) is 0 Å². The van der Waals surface area contributed by atoms with Crippen LogP contribution in [-0.4, -0.2) is 26.0 Å². The second kappa shape index (κ2) is 9.93. The summed E-state index contributed by atoms with van der Waals surface area (Å²) in [4.78, 5) is 0. The van der Waals surface area contributed by atoms with Gasteiger partial charge in [0.2, 0.25) is 0 Å². The summed E-state index contributed by atoms with van der Waals surface area (Å²) in [6, 6.07) is 4.56. The maximum absolute atomic E-state index is 5.55. The Morgan fingerprint density at radius 1 is 0.952 bits per heavy atom. The van der Waals surface area contributed by atoms with Crippen molar-refractivity contribution in [2.24, 2.45) is 0 Å². The van der Waals surface area contributed by atoms with Gasteiger partial charge in [-0.05, 0) is 76.3 Å². The summed E-state index contributed by atoms with van der Waals surface area (Å²) >= 11 is 0. The Balaban J connectivity index is 2.29. The van der Waals surface area contributed by atoms with Gasteiger partial charge >= 0.3 is 0 Å². The Hall–Kier alpha value is -0.900. The van der Waals surface area contributed by atoms with Gasteiger partial charge in [0.25, 0.3) is 0 Å². The van der Waals surface area contributed by atoms with Gasteiger partial charge in [-0.15, -0.1) is 0 Å². The van der Waals surface area contributed by atoms with Crippen molar-refractivity contribution in [3.8, 4) is 0 Å². The number of rotatable bonds is 10. The zero-order valence-corrected chi connectivity index (χ0v) is 14.3. The van der Waals surface area contributed by atoms with E-state index in [1.807, 2.05) is 13.8 Å². The Kier molecular flexibility index (Phi) is 8.58. The largest absolute Gasteiger partial charge is 0.353 e. The normalized spacial score (nSPS) is 11.3. The number of aryl methyl sites for hydroxylation is 3. The average molecular weight is 293 g/mol. The van der Waals surface area contributed by atoms with E-state index in [0.29, 0.717) is 13.2 Å². The average Bonchev–Trinajstić information content (AvgIpc) is 2.44. The monoisotopic (exact) mass is 293 g/mol. The molecule has 120 valence electrons. The van der Waals surface area contributed by atoms with Crippen LogP contribution < -0.4 is 5.32 Å². The molecule has 0 saturated carbocycles. The standard InChI is InChI=1S/C18H31NO2/c1-6-20-18(21-7-2)9-8-10-19-13-17-12-15(4)14(3)11-16(17)5/h11-12,18-19H,6-10,13H2,1-5H3. The minimum atomic E-state index is -0.0508. The molecule has 0 saturated heterocycles. The summed E-state index contributed by atoms with van der Waals surface area (Å²) in [7, 11) is 0. The molecule has 3 nitrogen and oxygen atoms in total. The fourth-order valence-corrected chi connectivity index (χ4v) is 2.41. The molecule has 0 atom stereocenters. The molecule has 0 aliphatic carbocycles. The van der Waals surface area contributed by atoms with Crippen molar-refractivity contribution in [1.82, 2.24) is 5.32 Å². The molecule has 21 heavy (non-hydrogen) atoms. The molecular weight excluding hydrogens is 262 g/mol. The van der Waals surface area contributed by atoms with Crippen molar-refractivity contribution in [2.75, 3.05) is 19.8 Å². The van der Waals surface area contributed by atoms with E-state index < -0.39 is 0 Å². The van der Waals surface area contributed by atoms with Crippen molar-refractivity contribution in [3.63, 3.8) is 0 Å². The predicted molar refractivity (Wildman–Crippen MR) is 88.6 cm³/mol. The quantitative estimate of drug-likeness (QED) is 0.524. The van der Waals surface area contributed by atoms with Gasteiger partial charge in [-0.2, -0.15) is 0 Å². The molecule has 1 N–H and O–H groups in total. The maximum Gasteiger partial charge on any atom is 0.157 e. The van der Waals surface area contributed by atoms with Crippen molar-refractivity contribution >= 4 is 0 Å². The number of benzene rings is 1. The molecule has 1 aromatic rings. The van der Waals surface area contributed by atoms with E-state index in [1.165, 1.54) is 22.3 Å². The molecule has 0 spiro atoms. The number of hydrogen-bond donors (Lipinski definition) is 1. The summed E-state index contributed by atoms with van der Waals surface area (Å²) < 4.78 is 11.1. The van der Waals surface area contributed by atoms with Crippen LogP contribution >= 0.6 is 0 Å². The topological polar surface area (TPSA) is 30.5 Å². The third kappa shape index (κ3) is 6.60. The second-order valence-corrected chi connectivity index (χ2v) is 5.52. The summed E-state index contributed by atoms with van der Waals surface area (Å²) in [5.41, 5.74) is 5.49. The third-order valence-electron chi connectivity index (χ3n) is 3.77. The molecule has 0 aromatic heterocycles. The van der Waals surface area contributed by atoms with E-state index in [-0.39, 0.29) is 6.29 Å². The molecule has 1 rings (SSSR count). The molecule has 0 aliphatic heterocycles. The SMILES string of the molecule is CCOC(CCCNCc1cc(C)c(C)cc1C)OCC. The van der Waals surface area contributed by atoms with Crippen molar-refractivity contribution in [1.29, 1.82) is 0 Å². The van der Waals surface area contributed by atoms with Crippen molar-refractivity contribution in [2.45, 2.75) is 60.3 Å². The molecule has 1 aromatic carbocycles. The molecule has 0 aliphatic rings. The van der Waals surface area contributed by atoms with Crippen molar-refractivity contribution in [3.05, 3.63) is 34.4 Å². The fraction of sp³-hybridized carbons (Fsp3) is 0.667. The minimum Gasteiger partial charge on any atom is -0.353 e. The molecule has 0 bridgehead atoms. The summed E-state index contributed by atoms with van der Waals surface area (Å²) in [5.74, 6) is 0. The maximum atomic E-state index is 5.55. The van der Waals surface area contributed by atoms with Gasteiger partial charge < -0.3 is 14.8 Å². The van der Waals surface area contributed by atoms with Gasteiger partial charge in [0.1, 0.15) is 0 Å². The molecular formula is C18H31NO2. The lowest BCUT2D eigenvalue weighted by Crippen LogP contribution is -2.21. The fourth-order valence-electron chi connectivity index (χ4n) is 2.41. The molecule has 0 unspecified atom stereocenters. The number of ether oxygens (including phenoxy) is 2. The van der Waals surface area contributed by atoms with E-state index in [9.17, 15) is 0 Å². The molecule has 0 heterocycles. The van der Waals surface area contributed by atoms with Gasteiger partial charge in [-0.25, -0.2) is 0 Å². The lowest BCUT2D eigenvalue weighted by molar-refractivity contribution is -0.139. The van der Waals surface area contributed by atoms with Gasteiger partial charge in [0.15, 0.2) is 6.29 Å². The first-order valence-electron chi connectivity index (χ1n) is 8.09. The van der Waals surface area contributed by atoms with Gasteiger partial charge in [-0.3, -0.25) is 0 Å². The van der Waals surface area contributed by atoms with E-state index >= 15 is 0 Å². The first-order valence-corrected chi connectivity index (χ1v) is 8.09. The highest BCUT2D eigenvalue weighted by Crippen LogP contribution is 2.15. The Morgan fingerprint density at radius 3 is 2.19 bits per heavy atom. The predicted octanol–water partition coefficient (Wildman–Crippen LogP) is 3.88. The first-order chi connectivity index (χ1) is 10.1. The van der Waals surface area contributed by atoms with E-state index in [1.54, 1.807) is 0 Å². The molecule has 0 fully saturated rings. The number of nitrogens with one attached hydrogen (secondary N) is 1. The summed E-state index contributed by atoms with van der Waals surface area (Å²) in [6.07, 6.45) is 1.96. The van der Waals surface area contributed by atoms with Gasteiger partial charge in [0, 0.05) is 19.8 Å². The van der Waals surface area contributed by atoms with Crippen LogP contribution in [0, 0.1) is 20.8 Å². The van der Waals surface area contributed by atoms with Crippen LogP contribution in [0.5, 0.6) is 0 Å². The van der Waals surface area contributed by atoms with Gasteiger partial charge in [-0.1, -0.05) is 12.1 Å². The second-order valence-electron chi connectivity index (χ2n) is 5.52. The Bertz CT molecular complexity index is 412. The van der Waals surface area contributed by atoms with Crippen LogP contribution in [0.3, 0.4) is 0 Å². The smallest absolute Gasteiger partial charge is 0.157 e. The minimum absolute atomic E-state index is 0.0508. The molecule has 0 amide bonds. The van der Waals surface area contributed by atoms with Crippen LogP contribution in [0.25, 0.3) is 0 Å². The zero-order chi connectivity index (χ0) is 15.7. The highest BCUT2D eigenvalue weighted by Gasteiger charge is 2.07. The molecule has 0 radical (unpaired) electrons. The first kappa shape index (κ1) is 18.1. The highest BCUT2D eigenvalue weighted by molar-refractivity contribution is 5.36. The number of hydrogen-bond acceptors (Lipinski definition) is 3. The van der Waals surface area contributed by atoms with Crippen LogP contribution in [0.4, 0.5) is 0 Å². The highest BCUT2D eigenvalue weighted by atomic mass is 16.7. The molecule has 3 heteroatoms. The van der Waals surface area contributed by atoms with Gasteiger partial charge in [0.05, 0.1) is 0 Å². The van der Waals surface area contributed by atoms with Crippen molar-refractivity contribution < 1.29 is 9.47 Å². The Morgan fingerprint density at radius 2 is 1.57 bits per heavy atom. The summed E-state index contributed by atoms with van der Waals surface area (Å²) in [6.45, 7) is 13.9. The van der Waals surface area contributed by atoms with Crippen LogP contribution in [0.15, 0.2) is 12.1 Å². The van der Waals surface area contributed by atoms with E-state index in [2.05, 4.69) is 38.2 Å². The lowest BCUT2D eigenvalue weighted by Gasteiger charge is -2.17. The van der Waals surface area contributed by atoms with E-state index in [0.717, 1.165) is 25.9 Å². The van der Waals surface area contributed by atoms with E-state index in [4.69, 9.17) is 9.47 Å². The van der Waals surface area contributed by atoms with Crippen LogP contribution in [-0.2, 0) is 16.0 Å². The lowest BCUT2D eigenvalue weighted by atomic mass is 10.0. The zero-order valence-electron chi connectivity index (χ0n) is 14.3.